The molecule has 1 aromatic heterocycles. The van der Waals surface area contributed by atoms with Gasteiger partial charge in [-0.25, -0.2) is 13.4 Å². The van der Waals surface area contributed by atoms with Crippen molar-refractivity contribution in [3.8, 4) is 5.75 Å². The van der Waals surface area contributed by atoms with Crippen LogP contribution in [0.2, 0.25) is 0 Å². The maximum absolute atomic E-state index is 13.0. The summed E-state index contributed by atoms with van der Waals surface area (Å²) in [5.74, 6) is 0.549. The fourth-order valence-corrected chi connectivity index (χ4v) is 4.70. The highest BCUT2D eigenvalue weighted by atomic mass is 32.2. The first-order chi connectivity index (χ1) is 16.1. The minimum Gasteiger partial charge on any atom is -0.491 e. The van der Waals surface area contributed by atoms with E-state index < -0.39 is 10.0 Å². The molecule has 3 rings (SSSR count). The molecular formula is C25H30N4O4S. The summed E-state index contributed by atoms with van der Waals surface area (Å²) in [5.41, 5.74) is 9.87. The molecule has 1 heterocycles. The highest BCUT2D eigenvalue weighted by molar-refractivity contribution is 7.92. The van der Waals surface area contributed by atoms with Crippen molar-refractivity contribution in [1.29, 1.82) is 0 Å². The highest BCUT2D eigenvalue weighted by Gasteiger charge is 2.21. The van der Waals surface area contributed by atoms with Gasteiger partial charge in [-0.2, -0.15) is 0 Å². The van der Waals surface area contributed by atoms with E-state index in [0.717, 1.165) is 22.4 Å². The number of amides is 1. The Hall–Kier alpha value is -3.59. The fraction of sp³-hybridized carbons (Fsp3) is 0.280. The molecule has 8 nitrogen and oxygen atoms in total. The minimum absolute atomic E-state index is 0.0304. The maximum Gasteiger partial charge on any atom is 0.262 e. The molecule has 0 saturated heterocycles. The minimum atomic E-state index is -3.84. The molecule has 0 atom stereocenters. The highest BCUT2D eigenvalue weighted by Crippen LogP contribution is 2.34. The predicted octanol–water partition coefficient (Wildman–Crippen LogP) is 3.65. The van der Waals surface area contributed by atoms with Gasteiger partial charge in [0.2, 0.25) is 5.91 Å². The number of aromatic nitrogens is 1. The lowest BCUT2D eigenvalue weighted by Crippen LogP contribution is -2.26. The van der Waals surface area contributed by atoms with Gasteiger partial charge >= 0.3 is 0 Å². The van der Waals surface area contributed by atoms with E-state index in [9.17, 15) is 13.2 Å². The van der Waals surface area contributed by atoms with E-state index in [1.807, 2.05) is 39.8 Å². The van der Waals surface area contributed by atoms with Crippen molar-refractivity contribution in [2.24, 2.45) is 0 Å². The second-order valence-corrected chi connectivity index (χ2v) is 9.71. The van der Waals surface area contributed by atoms with E-state index in [1.54, 1.807) is 30.3 Å². The van der Waals surface area contributed by atoms with Crippen molar-refractivity contribution >= 4 is 27.4 Å². The Bertz CT molecular complexity index is 1310. The average molecular weight is 483 g/mol. The Morgan fingerprint density at radius 1 is 1.09 bits per heavy atom. The van der Waals surface area contributed by atoms with E-state index >= 15 is 0 Å². The fourth-order valence-electron chi connectivity index (χ4n) is 3.53. The molecule has 180 valence electrons. The number of ether oxygens (including phenoxy) is 1. The van der Waals surface area contributed by atoms with Gasteiger partial charge in [-0.1, -0.05) is 24.3 Å². The second-order valence-electron chi connectivity index (χ2n) is 8.03. The lowest BCUT2D eigenvalue weighted by atomic mass is 10.0. The van der Waals surface area contributed by atoms with Crippen molar-refractivity contribution < 1.29 is 17.9 Å². The van der Waals surface area contributed by atoms with Gasteiger partial charge < -0.3 is 15.8 Å². The maximum atomic E-state index is 13.0. The van der Waals surface area contributed by atoms with Crippen LogP contribution in [-0.2, 0) is 27.8 Å². The van der Waals surface area contributed by atoms with Crippen LogP contribution in [0.1, 0.15) is 34.9 Å². The van der Waals surface area contributed by atoms with E-state index in [2.05, 4.69) is 15.0 Å². The number of carbonyl (C=O) groups is 1. The zero-order valence-electron chi connectivity index (χ0n) is 19.8. The quantitative estimate of drug-likeness (QED) is 0.428. The van der Waals surface area contributed by atoms with Crippen LogP contribution in [0.15, 0.2) is 53.4 Å². The monoisotopic (exact) mass is 482 g/mol. The van der Waals surface area contributed by atoms with E-state index in [0.29, 0.717) is 30.3 Å². The number of sulfonamides is 1. The van der Waals surface area contributed by atoms with Gasteiger partial charge in [0.25, 0.3) is 10.0 Å². The van der Waals surface area contributed by atoms with Crippen molar-refractivity contribution in [3.63, 3.8) is 0 Å². The first-order valence-corrected chi connectivity index (χ1v) is 12.4. The van der Waals surface area contributed by atoms with Gasteiger partial charge in [-0.15, -0.1) is 0 Å². The Balaban J connectivity index is 1.84. The lowest BCUT2D eigenvalue weighted by Gasteiger charge is -2.19. The number of hydrogen-bond acceptors (Lipinski definition) is 6. The van der Waals surface area contributed by atoms with Gasteiger partial charge in [0.15, 0.2) is 0 Å². The normalized spacial score (nSPS) is 11.2. The Morgan fingerprint density at radius 2 is 1.85 bits per heavy atom. The standard InChI is InChI=1S/C25H30N4O4S/c1-5-33-25-21(14-24(30)27-15-19-10-12-23(26)28-18(19)4)17(3)9-11-22(25)29-34(31,32)20-8-6-7-16(2)13-20/h6-13,29H,5,14-15H2,1-4H3,(H2,26,28)(H,27,30). The SMILES string of the molecule is CCOc1c(NS(=O)(=O)c2cccc(C)c2)ccc(C)c1CC(=O)NCc1ccc(N)nc1C. The molecule has 3 aromatic rings. The summed E-state index contributed by atoms with van der Waals surface area (Å²) in [5, 5.41) is 2.89. The first-order valence-electron chi connectivity index (χ1n) is 10.9. The molecular weight excluding hydrogens is 452 g/mol. The number of nitrogens with two attached hydrogens (primary N) is 1. The molecule has 0 aliphatic carbocycles. The topological polar surface area (TPSA) is 123 Å². The molecule has 4 N–H and O–H groups in total. The molecule has 0 radical (unpaired) electrons. The number of rotatable bonds is 9. The Kier molecular flexibility index (Phi) is 7.78. The van der Waals surface area contributed by atoms with Crippen LogP contribution in [0, 0.1) is 20.8 Å². The third-order valence-electron chi connectivity index (χ3n) is 5.36. The van der Waals surface area contributed by atoms with Gasteiger partial charge in [-0.05, 0) is 68.7 Å². The van der Waals surface area contributed by atoms with Crippen LogP contribution in [0.5, 0.6) is 5.75 Å². The number of hydrogen-bond donors (Lipinski definition) is 3. The third-order valence-corrected chi connectivity index (χ3v) is 6.72. The van der Waals surface area contributed by atoms with Crippen LogP contribution in [0.4, 0.5) is 11.5 Å². The number of pyridine rings is 1. The van der Waals surface area contributed by atoms with E-state index in [-0.39, 0.29) is 22.9 Å². The Labute approximate surface area is 200 Å². The first kappa shape index (κ1) is 25.0. The second kappa shape index (κ2) is 10.6. The number of carbonyl (C=O) groups excluding carboxylic acids is 1. The van der Waals surface area contributed by atoms with Crippen LogP contribution in [-0.4, -0.2) is 25.9 Å². The molecule has 9 heteroatoms. The third kappa shape index (κ3) is 6.05. The average Bonchev–Trinajstić information content (AvgIpc) is 2.77. The number of nitrogens with zero attached hydrogens (tertiary/aromatic N) is 1. The van der Waals surface area contributed by atoms with Gasteiger partial charge in [0.05, 0.1) is 23.6 Å². The summed E-state index contributed by atoms with van der Waals surface area (Å²) in [6.07, 6.45) is 0.0304. The summed E-state index contributed by atoms with van der Waals surface area (Å²) in [6, 6.07) is 13.6. The molecule has 0 aliphatic heterocycles. The van der Waals surface area contributed by atoms with Gasteiger partial charge in [0.1, 0.15) is 11.6 Å². The summed E-state index contributed by atoms with van der Waals surface area (Å²) in [6.45, 7) is 7.95. The molecule has 0 saturated carbocycles. The number of benzene rings is 2. The molecule has 0 spiro atoms. The van der Waals surface area contributed by atoms with E-state index in [1.165, 1.54) is 6.07 Å². The number of anilines is 2. The molecule has 0 bridgehead atoms. The van der Waals surface area contributed by atoms with Crippen molar-refractivity contribution in [3.05, 3.63) is 76.5 Å². The van der Waals surface area contributed by atoms with Crippen molar-refractivity contribution in [2.45, 2.75) is 45.6 Å². The summed E-state index contributed by atoms with van der Waals surface area (Å²) in [4.78, 5) is 17.1. The molecule has 1 amide bonds. The number of nitrogens with one attached hydrogen (secondary N) is 2. The lowest BCUT2D eigenvalue weighted by molar-refractivity contribution is -0.120. The summed E-state index contributed by atoms with van der Waals surface area (Å²) < 4.78 is 34.4. The number of aryl methyl sites for hydroxylation is 3. The van der Waals surface area contributed by atoms with Gasteiger partial charge in [-0.3, -0.25) is 9.52 Å². The molecule has 0 unspecified atom stereocenters. The zero-order chi connectivity index (χ0) is 24.9. The van der Waals surface area contributed by atoms with Crippen molar-refractivity contribution in [1.82, 2.24) is 10.3 Å². The number of nitrogen functional groups attached to an aromatic ring is 1. The summed E-state index contributed by atoms with van der Waals surface area (Å²) in [7, 11) is -3.84. The van der Waals surface area contributed by atoms with Crippen LogP contribution in [0.3, 0.4) is 0 Å². The molecule has 0 fully saturated rings. The zero-order valence-corrected chi connectivity index (χ0v) is 20.6. The van der Waals surface area contributed by atoms with Crippen LogP contribution >= 0.6 is 0 Å². The van der Waals surface area contributed by atoms with Crippen LogP contribution < -0.4 is 20.5 Å². The van der Waals surface area contributed by atoms with Gasteiger partial charge in [0, 0.05) is 17.8 Å². The molecule has 2 aromatic carbocycles. The van der Waals surface area contributed by atoms with E-state index in [4.69, 9.17) is 10.5 Å². The predicted molar refractivity (Wildman–Crippen MR) is 133 cm³/mol. The molecule has 34 heavy (non-hydrogen) atoms. The van der Waals surface area contributed by atoms with Crippen molar-refractivity contribution in [2.75, 3.05) is 17.1 Å². The largest absolute Gasteiger partial charge is 0.491 e. The summed E-state index contributed by atoms with van der Waals surface area (Å²) >= 11 is 0. The molecule has 0 aliphatic rings. The smallest absolute Gasteiger partial charge is 0.262 e. The Morgan fingerprint density at radius 3 is 2.53 bits per heavy atom. The van der Waals surface area contributed by atoms with Crippen LogP contribution in [0.25, 0.3) is 0 Å².